The third kappa shape index (κ3) is 8.29. The molecule has 0 saturated heterocycles. The van der Waals surface area contributed by atoms with Crippen LogP contribution in [0.1, 0.15) is 36.6 Å². The maximum absolute atomic E-state index is 13.0. The Morgan fingerprint density at radius 3 is 2.42 bits per heavy atom. The summed E-state index contributed by atoms with van der Waals surface area (Å²) in [6.45, 7) is -2.66. The lowest BCUT2D eigenvalue weighted by atomic mass is 10.0. The molecule has 212 valence electrons. The van der Waals surface area contributed by atoms with Crippen LogP contribution in [-0.2, 0) is 20.7 Å². The number of aromatic nitrogens is 1. The molecule has 11 heteroatoms. The van der Waals surface area contributed by atoms with Crippen LogP contribution in [0, 0.1) is 5.92 Å². The maximum Gasteiger partial charge on any atom is 0.387 e. The van der Waals surface area contributed by atoms with Gasteiger partial charge in [0.05, 0.1) is 20.8 Å². The summed E-state index contributed by atoms with van der Waals surface area (Å²) in [6, 6.07) is 14.5. The minimum absolute atomic E-state index is 0.114. The van der Waals surface area contributed by atoms with Crippen molar-refractivity contribution in [1.82, 2.24) is 4.98 Å². The van der Waals surface area contributed by atoms with E-state index in [4.69, 9.17) is 18.9 Å². The number of alkyl halides is 2. The maximum atomic E-state index is 13.0. The van der Waals surface area contributed by atoms with E-state index in [-0.39, 0.29) is 17.9 Å². The van der Waals surface area contributed by atoms with Crippen molar-refractivity contribution in [3.05, 3.63) is 72.1 Å². The summed E-state index contributed by atoms with van der Waals surface area (Å²) >= 11 is 0. The average Bonchev–Trinajstić information content (AvgIpc) is 3.77. The molecule has 40 heavy (non-hydrogen) atoms. The zero-order valence-corrected chi connectivity index (χ0v) is 22.1. The number of methoxy groups -OCH3 is 2. The molecule has 3 aromatic rings. The molecule has 2 aromatic carbocycles. The predicted molar refractivity (Wildman–Crippen MR) is 141 cm³/mol. The van der Waals surface area contributed by atoms with E-state index in [1.807, 2.05) is 0 Å². The number of nitrogens with one attached hydrogen (secondary N) is 1. The predicted octanol–water partition coefficient (Wildman–Crippen LogP) is 5.34. The van der Waals surface area contributed by atoms with Crippen LogP contribution in [-0.4, -0.2) is 44.3 Å². The van der Waals surface area contributed by atoms with Gasteiger partial charge in [-0.3, -0.25) is 14.6 Å². The van der Waals surface area contributed by atoms with Gasteiger partial charge in [-0.2, -0.15) is 8.78 Å². The topological polar surface area (TPSA) is 105 Å². The second kappa shape index (κ2) is 13.6. The highest BCUT2D eigenvalue weighted by Gasteiger charge is 2.25. The molecule has 1 atom stereocenters. The van der Waals surface area contributed by atoms with Gasteiger partial charge in [-0.15, -0.1) is 0 Å². The van der Waals surface area contributed by atoms with Crippen LogP contribution >= 0.6 is 0 Å². The number of hydrogen-bond acceptors (Lipinski definition) is 8. The molecule has 0 bridgehead atoms. The van der Waals surface area contributed by atoms with Crippen molar-refractivity contribution in [3.8, 4) is 23.0 Å². The number of nitrogens with zero attached hydrogens (tertiary/aromatic N) is 1. The molecule has 9 nitrogen and oxygen atoms in total. The number of amides is 1. The molecule has 1 saturated carbocycles. The molecule has 4 rings (SSSR count). The van der Waals surface area contributed by atoms with Gasteiger partial charge >= 0.3 is 12.6 Å². The third-order valence-electron chi connectivity index (χ3n) is 6.09. The summed E-state index contributed by atoms with van der Waals surface area (Å²) in [4.78, 5) is 29.8. The largest absolute Gasteiger partial charge is 0.493 e. The molecule has 1 aliphatic carbocycles. The van der Waals surface area contributed by atoms with Gasteiger partial charge in [-0.1, -0.05) is 12.1 Å². The van der Waals surface area contributed by atoms with Gasteiger partial charge in [-0.25, -0.2) is 0 Å². The van der Waals surface area contributed by atoms with Crippen molar-refractivity contribution in [2.24, 2.45) is 5.92 Å². The van der Waals surface area contributed by atoms with E-state index in [9.17, 15) is 18.4 Å². The Labute approximate surface area is 230 Å². The summed E-state index contributed by atoms with van der Waals surface area (Å²) in [5.74, 6) is -0.0980. The summed E-state index contributed by atoms with van der Waals surface area (Å²) < 4.78 is 52.5. The van der Waals surface area contributed by atoms with E-state index in [1.165, 1.54) is 32.4 Å². The first kappa shape index (κ1) is 28.6. The Morgan fingerprint density at radius 2 is 1.75 bits per heavy atom. The first-order valence-electron chi connectivity index (χ1n) is 12.7. The van der Waals surface area contributed by atoms with Crippen molar-refractivity contribution >= 4 is 17.6 Å². The Balaban J connectivity index is 1.49. The lowest BCUT2D eigenvalue weighted by Gasteiger charge is -2.20. The first-order chi connectivity index (χ1) is 19.3. The van der Waals surface area contributed by atoms with E-state index in [1.54, 1.807) is 42.6 Å². The Kier molecular flexibility index (Phi) is 9.71. The molecule has 0 aliphatic heterocycles. The lowest BCUT2D eigenvalue weighted by molar-refractivity contribution is -0.151. The number of hydrogen-bond donors (Lipinski definition) is 1. The summed E-state index contributed by atoms with van der Waals surface area (Å²) in [5, 5.41) is 2.63. The number of rotatable bonds is 14. The van der Waals surface area contributed by atoms with Gasteiger partial charge in [0.2, 0.25) is 5.91 Å². The van der Waals surface area contributed by atoms with E-state index >= 15 is 0 Å². The smallest absolute Gasteiger partial charge is 0.387 e. The highest BCUT2D eigenvalue weighted by Crippen LogP contribution is 2.36. The fourth-order valence-corrected chi connectivity index (χ4v) is 3.91. The van der Waals surface area contributed by atoms with E-state index in [0.717, 1.165) is 12.8 Å². The van der Waals surface area contributed by atoms with E-state index in [2.05, 4.69) is 15.0 Å². The van der Waals surface area contributed by atoms with Gasteiger partial charge in [0.1, 0.15) is 12.5 Å². The van der Waals surface area contributed by atoms with Gasteiger partial charge in [0.15, 0.2) is 23.0 Å². The molecular formula is C29H30F2N2O7. The summed E-state index contributed by atoms with van der Waals surface area (Å²) in [7, 11) is 2.96. The monoisotopic (exact) mass is 556 g/mol. The molecule has 0 spiro atoms. The number of carbonyl (C=O) groups excluding carboxylic acids is 2. The number of halogens is 2. The molecular weight excluding hydrogens is 526 g/mol. The third-order valence-corrected chi connectivity index (χ3v) is 6.09. The minimum Gasteiger partial charge on any atom is -0.493 e. The van der Waals surface area contributed by atoms with Crippen LogP contribution in [0.25, 0.3) is 0 Å². The number of benzene rings is 2. The first-order valence-corrected chi connectivity index (χ1v) is 12.7. The highest BCUT2D eigenvalue weighted by atomic mass is 19.3. The van der Waals surface area contributed by atoms with Crippen molar-refractivity contribution in [1.29, 1.82) is 0 Å². The SMILES string of the molecule is COc1ccc(NC(=O)CC(=O)OC(Cc2ccccn2)c2ccc(OC(F)F)c(OCC3CC3)c2)cc1OC. The van der Waals surface area contributed by atoms with Crippen molar-refractivity contribution < 1.29 is 42.1 Å². The molecule has 0 radical (unpaired) electrons. The normalized spacial score (nSPS) is 13.3. The zero-order valence-electron chi connectivity index (χ0n) is 22.1. The quantitative estimate of drug-likeness (QED) is 0.210. The number of pyridine rings is 1. The fourth-order valence-electron chi connectivity index (χ4n) is 3.91. The summed E-state index contributed by atoms with van der Waals surface area (Å²) in [5.41, 5.74) is 1.52. The lowest BCUT2D eigenvalue weighted by Crippen LogP contribution is -2.21. The number of carbonyl (C=O) groups is 2. The van der Waals surface area contributed by atoms with Crippen LogP contribution < -0.4 is 24.3 Å². The van der Waals surface area contributed by atoms with Crippen LogP contribution in [0.3, 0.4) is 0 Å². The standard InChI is InChI=1S/C29H30F2N2O7/c1-36-22-11-9-21(15-25(22)37-2)33-27(34)16-28(35)39-24(14-20-5-3-4-12-32-20)19-8-10-23(40-29(30)31)26(13-19)38-17-18-6-7-18/h3-5,8-13,15,18,24,29H,6-7,14,16-17H2,1-2H3,(H,33,34). The highest BCUT2D eigenvalue weighted by molar-refractivity contribution is 6.02. The van der Waals surface area contributed by atoms with Crippen LogP contribution in [0.2, 0.25) is 0 Å². The van der Waals surface area contributed by atoms with Crippen molar-refractivity contribution in [3.63, 3.8) is 0 Å². The molecule has 1 aromatic heterocycles. The van der Waals surface area contributed by atoms with Crippen LogP contribution in [0.5, 0.6) is 23.0 Å². The second-order valence-corrected chi connectivity index (χ2v) is 9.14. The van der Waals surface area contributed by atoms with Crippen LogP contribution in [0.4, 0.5) is 14.5 Å². The molecule has 1 N–H and O–H groups in total. The zero-order chi connectivity index (χ0) is 28.5. The number of esters is 1. The summed E-state index contributed by atoms with van der Waals surface area (Å²) in [6.07, 6.45) is 2.37. The molecule has 1 heterocycles. The molecule has 1 aliphatic rings. The Morgan fingerprint density at radius 1 is 0.975 bits per heavy atom. The van der Waals surface area contributed by atoms with Gasteiger partial charge in [0, 0.05) is 30.1 Å². The van der Waals surface area contributed by atoms with E-state index in [0.29, 0.717) is 41.0 Å². The van der Waals surface area contributed by atoms with Gasteiger partial charge in [0.25, 0.3) is 0 Å². The molecule has 1 unspecified atom stereocenters. The average molecular weight is 557 g/mol. The minimum atomic E-state index is -3.03. The van der Waals surface area contributed by atoms with Crippen molar-refractivity contribution in [2.45, 2.75) is 38.4 Å². The number of anilines is 1. The Bertz CT molecular complexity index is 1300. The molecule has 1 amide bonds. The molecule has 1 fully saturated rings. The van der Waals surface area contributed by atoms with Gasteiger partial charge in [-0.05, 0) is 60.7 Å². The second-order valence-electron chi connectivity index (χ2n) is 9.14. The number of ether oxygens (including phenoxy) is 5. The van der Waals surface area contributed by atoms with Crippen LogP contribution in [0.15, 0.2) is 60.8 Å². The van der Waals surface area contributed by atoms with Gasteiger partial charge < -0.3 is 29.0 Å². The Hall–Kier alpha value is -4.41. The van der Waals surface area contributed by atoms with Crippen molar-refractivity contribution in [2.75, 3.05) is 26.1 Å². The van der Waals surface area contributed by atoms with E-state index < -0.39 is 31.0 Å². The fraction of sp³-hybridized carbons (Fsp3) is 0.345.